The number of hydrogen-bond donors (Lipinski definition) is 1. The lowest BCUT2D eigenvalue weighted by Crippen LogP contribution is -2.35. The van der Waals surface area contributed by atoms with E-state index in [1.165, 1.54) is 25.7 Å². The van der Waals surface area contributed by atoms with E-state index in [-0.39, 0.29) is 0 Å². The van der Waals surface area contributed by atoms with Crippen LogP contribution in [0.5, 0.6) is 0 Å². The lowest BCUT2D eigenvalue weighted by Gasteiger charge is -2.22. The summed E-state index contributed by atoms with van der Waals surface area (Å²) in [6, 6.07) is 0. The SMILES string of the molecule is C1CNCC(OCOCC2CC2)C1. The van der Waals surface area contributed by atoms with E-state index in [9.17, 15) is 0 Å². The Bertz CT molecular complexity index is 142. The minimum Gasteiger partial charge on any atom is -0.355 e. The van der Waals surface area contributed by atoms with Gasteiger partial charge in [0.15, 0.2) is 0 Å². The van der Waals surface area contributed by atoms with Gasteiger partial charge in [-0.1, -0.05) is 0 Å². The maximum atomic E-state index is 5.58. The van der Waals surface area contributed by atoms with Gasteiger partial charge < -0.3 is 14.8 Å². The largest absolute Gasteiger partial charge is 0.355 e. The van der Waals surface area contributed by atoms with Crippen LogP contribution in [0.2, 0.25) is 0 Å². The molecule has 1 atom stereocenters. The normalized spacial score (nSPS) is 29.1. The van der Waals surface area contributed by atoms with Crippen molar-refractivity contribution < 1.29 is 9.47 Å². The fraction of sp³-hybridized carbons (Fsp3) is 1.00. The zero-order valence-electron chi connectivity index (χ0n) is 8.13. The number of hydrogen-bond acceptors (Lipinski definition) is 3. The molecule has 1 aliphatic carbocycles. The van der Waals surface area contributed by atoms with Crippen LogP contribution < -0.4 is 5.32 Å². The molecule has 0 aromatic carbocycles. The van der Waals surface area contributed by atoms with Gasteiger partial charge in [0, 0.05) is 6.54 Å². The van der Waals surface area contributed by atoms with E-state index in [2.05, 4.69) is 5.32 Å². The highest BCUT2D eigenvalue weighted by Gasteiger charge is 2.21. The van der Waals surface area contributed by atoms with Gasteiger partial charge >= 0.3 is 0 Å². The first-order valence-electron chi connectivity index (χ1n) is 5.35. The molecule has 0 bridgehead atoms. The van der Waals surface area contributed by atoms with Gasteiger partial charge in [-0.2, -0.15) is 0 Å². The molecule has 1 N–H and O–H groups in total. The predicted octanol–water partition coefficient (Wildman–Crippen LogP) is 1.14. The molecule has 1 aliphatic heterocycles. The minimum absolute atomic E-state index is 0.382. The lowest BCUT2D eigenvalue weighted by molar-refractivity contribution is -0.0965. The van der Waals surface area contributed by atoms with E-state index < -0.39 is 0 Å². The van der Waals surface area contributed by atoms with Gasteiger partial charge in [0.2, 0.25) is 0 Å². The Kier molecular flexibility index (Phi) is 3.58. The molecule has 1 saturated heterocycles. The molecule has 1 saturated carbocycles. The van der Waals surface area contributed by atoms with Crippen LogP contribution in [0.1, 0.15) is 25.7 Å². The van der Waals surface area contributed by atoms with Crippen molar-refractivity contribution in [3.05, 3.63) is 0 Å². The Morgan fingerprint density at radius 2 is 2.15 bits per heavy atom. The topological polar surface area (TPSA) is 30.5 Å². The molecule has 0 spiro atoms. The van der Waals surface area contributed by atoms with Crippen molar-refractivity contribution in [2.24, 2.45) is 5.92 Å². The van der Waals surface area contributed by atoms with Gasteiger partial charge in [-0.05, 0) is 38.1 Å². The molecule has 2 rings (SSSR count). The van der Waals surface area contributed by atoms with Crippen molar-refractivity contribution in [1.82, 2.24) is 5.32 Å². The van der Waals surface area contributed by atoms with Crippen LogP contribution >= 0.6 is 0 Å². The maximum absolute atomic E-state index is 5.58. The van der Waals surface area contributed by atoms with Crippen LogP contribution in [0, 0.1) is 5.92 Å². The molecule has 13 heavy (non-hydrogen) atoms. The van der Waals surface area contributed by atoms with Crippen LogP contribution in [0.3, 0.4) is 0 Å². The highest BCUT2D eigenvalue weighted by molar-refractivity contribution is 4.72. The predicted molar refractivity (Wildman–Crippen MR) is 50.5 cm³/mol. The first-order valence-corrected chi connectivity index (χ1v) is 5.35. The number of piperidine rings is 1. The fourth-order valence-corrected chi connectivity index (χ4v) is 1.61. The Balaban J connectivity index is 1.46. The third-order valence-electron chi connectivity index (χ3n) is 2.69. The van der Waals surface area contributed by atoms with Crippen molar-refractivity contribution in [3.63, 3.8) is 0 Å². The molecule has 0 amide bonds. The Morgan fingerprint density at radius 3 is 2.85 bits per heavy atom. The molecule has 0 radical (unpaired) electrons. The fourth-order valence-electron chi connectivity index (χ4n) is 1.61. The molecule has 1 unspecified atom stereocenters. The van der Waals surface area contributed by atoms with Gasteiger partial charge in [-0.15, -0.1) is 0 Å². The standard InChI is InChI=1S/C10H19NO2/c1-2-10(6-11-5-1)13-8-12-7-9-3-4-9/h9-11H,1-8H2. The summed E-state index contributed by atoms with van der Waals surface area (Å²) in [7, 11) is 0. The highest BCUT2D eigenvalue weighted by Crippen LogP contribution is 2.28. The molecule has 3 heteroatoms. The molecule has 0 aromatic rings. The summed E-state index contributed by atoms with van der Waals surface area (Å²) in [4.78, 5) is 0. The molecule has 2 aliphatic rings. The van der Waals surface area contributed by atoms with Crippen LogP contribution in [0.15, 0.2) is 0 Å². The van der Waals surface area contributed by atoms with Crippen molar-refractivity contribution in [1.29, 1.82) is 0 Å². The molecule has 2 fully saturated rings. The Morgan fingerprint density at radius 1 is 1.23 bits per heavy atom. The monoisotopic (exact) mass is 185 g/mol. The molecular formula is C10H19NO2. The highest BCUT2D eigenvalue weighted by atomic mass is 16.7. The zero-order chi connectivity index (χ0) is 8.93. The van der Waals surface area contributed by atoms with E-state index in [0.29, 0.717) is 12.9 Å². The van der Waals surface area contributed by atoms with E-state index >= 15 is 0 Å². The van der Waals surface area contributed by atoms with Crippen molar-refractivity contribution in [3.8, 4) is 0 Å². The zero-order valence-corrected chi connectivity index (χ0v) is 8.13. The number of ether oxygens (including phenoxy) is 2. The second kappa shape index (κ2) is 4.94. The smallest absolute Gasteiger partial charge is 0.147 e. The minimum atomic E-state index is 0.382. The first-order chi connectivity index (χ1) is 6.45. The lowest BCUT2D eigenvalue weighted by atomic mass is 10.1. The summed E-state index contributed by atoms with van der Waals surface area (Å²) in [6.45, 7) is 3.53. The Labute approximate surface area is 79.8 Å². The summed E-state index contributed by atoms with van der Waals surface area (Å²) in [5.41, 5.74) is 0. The second-order valence-corrected chi connectivity index (χ2v) is 4.07. The first kappa shape index (κ1) is 9.44. The average Bonchev–Trinajstić information content (AvgIpc) is 2.98. The van der Waals surface area contributed by atoms with Crippen LogP contribution in [-0.2, 0) is 9.47 Å². The van der Waals surface area contributed by atoms with Crippen LogP contribution in [-0.4, -0.2) is 32.6 Å². The summed E-state index contributed by atoms with van der Waals surface area (Å²) in [6.07, 6.45) is 5.50. The number of rotatable bonds is 5. The van der Waals surface area contributed by atoms with Gasteiger partial charge in [-0.25, -0.2) is 0 Å². The quantitative estimate of drug-likeness (QED) is 0.514. The van der Waals surface area contributed by atoms with Crippen molar-refractivity contribution in [2.45, 2.75) is 31.8 Å². The molecule has 1 heterocycles. The third-order valence-corrected chi connectivity index (χ3v) is 2.69. The van der Waals surface area contributed by atoms with E-state index in [1.807, 2.05) is 0 Å². The molecule has 76 valence electrons. The second-order valence-electron chi connectivity index (χ2n) is 4.07. The summed E-state index contributed by atoms with van der Waals surface area (Å²) >= 11 is 0. The molecular weight excluding hydrogens is 166 g/mol. The molecule has 3 nitrogen and oxygen atoms in total. The third kappa shape index (κ3) is 3.63. The maximum Gasteiger partial charge on any atom is 0.147 e. The van der Waals surface area contributed by atoms with Crippen molar-refractivity contribution in [2.75, 3.05) is 26.5 Å². The van der Waals surface area contributed by atoms with Crippen molar-refractivity contribution >= 4 is 0 Å². The van der Waals surface area contributed by atoms with Gasteiger partial charge in [-0.3, -0.25) is 0 Å². The van der Waals surface area contributed by atoms with Crippen LogP contribution in [0.25, 0.3) is 0 Å². The average molecular weight is 185 g/mol. The van der Waals surface area contributed by atoms with Gasteiger partial charge in [0.25, 0.3) is 0 Å². The number of nitrogens with one attached hydrogen (secondary N) is 1. The summed E-state index contributed by atoms with van der Waals surface area (Å²) in [5, 5.41) is 3.32. The van der Waals surface area contributed by atoms with Gasteiger partial charge in [0.05, 0.1) is 12.7 Å². The summed E-state index contributed by atoms with van der Waals surface area (Å²) in [5.74, 6) is 0.841. The molecule has 0 aromatic heterocycles. The van der Waals surface area contributed by atoms with Crippen LogP contribution in [0.4, 0.5) is 0 Å². The van der Waals surface area contributed by atoms with E-state index in [0.717, 1.165) is 25.6 Å². The summed E-state index contributed by atoms with van der Waals surface area (Å²) < 4.78 is 11.0. The van der Waals surface area contributed by atoms with E-state index in [1.54, 1.807) is 0 Å². The van der Waals surface area contributed by atoms with E-state index in [4.69, 9.17) is 9.47 Å². The van der Waals surface area contributed by atoms with Gasteiger partial charge in [0.1, 0.15) is 6.79 Å². The Hall–Kier alpha value is -0.120.